The summed E-state index contributed by atoms with van der Waals surface area (Å²) < 4.78 is 32.7. The number of nitrogens with two attached hydrogens (primary N) is 1. The molecule has 2 amide bonds. The van der Waals surface area contributed by atoms with Crippen molar-refractivity contribution in [2.75, 3.05) is 19.6 Å². The van der Waals surface area contributed by atoms with Crippen LogP contribution in [0.4, 0.5) is 13.2 Å². The van der Waals surface area contributed by atoms with Crippen LogP contribution in [0.2, 0.25) is 0 Å². The number of fused-ring (bicyclic) bond motifs is 1. The predicted molar refractivity (Wildman–Crippen MR) is 157 cm³/mol. The summed E-state index contributed by atoms with van der Waals surface area (Å²) in [6.07, 6.45) is -0.440. The number of aryl methyl sites for hydroxylation is 1. The number of hydrogen-bond acceptors (Lipinski definition) is 7. The number of carbonyl (C=O) groups is 4. The Morgan fingerprint density at radius 3 is 2.40 bits per heavy atom. The summed E-state index contributed by atoms with van der Waals surface area (Å²) in [7, 11) is 0. The number of alkyl halides is 3. The second-order valence-corrected chi connectivity index (χ2v) is 11.2. The van der Waals surface area contributed by atoms with Crippen molar-refractivity contribution in [2.24, 2.45) is 11.7 Å². The number of halogens is 3. The van der Waals surface area contributed by atoms with Crippen molar-refractivity contribution in [1.82, 2.24) is 15.2 Å². The molecule has 2 heterocycles. The molecule has 13 heteroatoms. The minimum Gasteiger partial charge on any atom is -0.475 e. The zero-order valence-electron chi connectivity index (χ0n) is 23.5. The van der Waals surface area contributed by atoms with E-state index in [1.165, 1.54) is 11.3 Å². The van der Waals surface area contributed by atoms with Gasteiger partial charge in [0.2, 0.25) is 17.6 Å². The van der Waals surface area contributed by atoms with E-state index in [1.807, 2.05) is 54.6 Å². The van der Waals surface area contributed by atoms with Gasteiger partial charge < -0.3 is 21.1 Å². The Bertz CT molecular complexity index is 1350. The third kappa shape index (κ3) is 10.4. The summed E-state index contributed by atoms with van der Waals surface area (Å²) in [5.41, 5.74) is 7.57. The van der Waals surface area contributed by atoms with Gasteiger partial charge in [0, 0.05) is 19.5 Å². The molecule has 0 radical (unpaired) electrons. The van der Waals surface area contributed by atoms with Gasteiger partial charge >= 0.3 is 12.1 Å². The molecular weight excluding hydrogens is 585 g/mol. The van der Waals surface area contributed by atoms with E-state index in [-0.39, 0.29) is 23.5 Å². The van der Waals surface area contributed by atoms with Crippen LogP contribution in [0.3, 0.4) is 0 Å². The first-order valence-corrected chi connectivity index (χ1v) is 14.8. The summed E-state index contributed by atoms with van der Waals surface area (Å²) in [6.45, 7) is 1.60. The Balaban J connectivity index is 0.000000646. The van der Waals surface area contributed by atoms with E-state index < -0.39 is 18.2 Å². The third-order valence-corrected chi connectivity index (χ3v) is 7.99. The van der Waals surface area contributed by atoms with Crippen molar-refractivity contribution < 1.29 is 37.5 Å². The highest BCUT2D eigenvalue weighted by molar-refractivity contribution is 7.20. The summed E-state index contributed by atoms with van der Waals surface area (Å²) >= 11 is 1.35. The summed E-state index contributed by atoms with van der Waals surface area (Å²) in [6, 6.07) is 16.9. The number of benzene rings is 2. The number of nitrogens with one attached hydrogen (secondary N) is 1. The minimum absolute atomic E-state index is 0.0707. The van der Waals surface area contributed by atoms with Crippen LogP contribution in [0, 0.1) is 5.92 Å². The van der Waals surface area contributed by atoms with Crippen LogP contribution in [0.5, 0.6) is 0 Å². The molecule has 1 aliphatic heterocycles. The number of ketones is 1. The average Bonchev–Trinajstić information content (AvgIpc) is 3.44. The molecule has 1 aliphatic rings. The smallest absolute Gasteiger partial charge is 0.475 e. The molecule has 0 spiro atoms. The molecule has 0 unspecified atom stereocenters. The van der Waals surface area contributed by atoms with Gasteiger partial charge in [-0.3, -0.25) is 14.4 Å². The molecule has 232 valence electrons. The maximum atomic E-state index is 13.4. The van der Waals surface area contributed by atoms with E-state index in [2.05, 4.69) is 10.3 Å². The number of piperidine rings is 1. The second kappa shape index (κ2) is 16.1. The van der Waals surface area contributed by atoms with Crippen LogP contribution >= 0.6 is 11.3 Å². The number of aromatic nitrogens is 1. The Morgan fingerprint density at radius 2 is 1.74 bits per heavy atom. The second-order valence-electron chi connectivity index (χ2n) is 10.2. The number of carbonyl (C=O) groups excluding carboxylic acids is 3. The third-order valence-electron chi connectivity index (χ3n) is 6.94. The fourth-order valence-electron chi connectivity index (χ4n) is 4.65. The van der Waals surface area contributed by atoms with E-state index in [0.717, 1.165) is 35.0 Å². The lowest BCUT2D eigenvalue weighted by Crippen LogP contribution is -2.49. The van der Waals surface area contributed by atoms with E-state index >= 15 is 0 Å². The molecule has 3 aromatic rings. The molecule has 1 aromatic heterocycles. The van der Waals surface area contributed by atoms with E-state index in [0.29, 0.717) is 50.3 Å². The van der Waals surface area contributed by atoms with E-state index in [4.69, 9.17) is 15.6 Å². The maximum Gasteiger partial charge on any atom is 0.490 e. The largest absolute Gasteiger partial charge is 0.490 e. The molecule has 1 saturated heterocycles. The van der Waals surface area contributed by atoms with Crippen LogP contribution in [0.25, 0.3) is 10.2 Å². The van der Waals surface area contributed by atoms with Crippen molar-refractivity contribution in [2.45, 2.75) is 57.2 Å². The number of rotatable bonds is 11. The van der Waals surface area contributed by atoms with Gasteiger partial charge in [0.1, 0.15) is 0 Å². The maximum absolute atomic E-state index is 13.4. The number of para-hydroxylation sites is 1. The van der Waals surface area contributed by atoms with Gasteiger partial charge in [-0.15, -0.1) is 11.3 Å². The number of carboxylic acid groups (broad SMARTS) is 1. The van der Waals surface area contributed by atoms with Gasteiger partial charge in [0.25, 0.3) is 0 Å². The monoisotopic (exact) mass is 620 g/mol. The van der Waals surface area contributed by atoms with Gasteiger partial charge in [0.15, 0.2) is 5.01 Å². The number of aliphatic carboxylic acids is 1. The molecule has 4 rings (SSSR count). The molecule has 0 bridgehead atoms. The van der Waals surface area contributed by atoms with Crippen LogP contribution in [-0.2, 0) is 20.8 Å². The number of carboxylic acids is 1. The van der Waals surface area contributed by atoms with Gasteiger partial charge in [0.05, 0.1) is 22.2 Å². The van der Waals surface area contributed by atoms with Crippen molar-refractivity contribution in [1.29, 1.82) is 0 Å². The normalized spacial score (nSPS) is 15.7. The Hall–Kier alpha value is -3.84. The SMILES string of the molecule is NCCCC[C@H](NC(=O)[C@H]1CCCN(C(=O)CCc2ccccc2)C1)C(=O)c1nc2ccccc2s1.O=C(O)C(F)(F)F. The van der Waals surface area contributed by atoms with Crippen LogP contribution < -0.4 is 11.1 Å². The lowest BCUT2D eigenvalue weighted by atomic mass is 9.95. The number of hydrogen-bond donors (Lipinski definition) is 3. The van der Waals surface area contributed by atoms with Crippen LogP contribution in [-0.4, -0.2) is 70.4 Å². The quantitative estimate of drug-likeness (QED) is 0.210. The number of thiazole rings is 1. The van der Waals surface area contributed by atoms with Crippen molar-refractivity contribution in [3.8, 4) is 0 Å². The molecule has 9 nitrogen and oxygen atoms in total. The first kappa shape index (κ1) is 33.7. The highest BCUT2D eigenvalue weighted by Gasteiger charge is 2.38. The lowest BCUT2D eigenvalue weighted by Gasteiger charge is -2.33. The zero-order chi connectivity index (χ0) is 31.4. The Morgan fingerprint density at radius 1 is 1.07 bits per heavy atom. The lowest BCUT2D eigenvalue weighted by molar-refractivity contribution is -0.192. The predicted octanol–water partition coefficient (Wildman–Crippen LogP) is 4.60. The zero-order valence-corrected chi connectivity index (χ0v) is 24.3. The fourth-order valence-corrected chi connectivity index (χ4v) is 5.61. The van der Waals surface area contributed by atoms with E-state index in [1.54, 1.807) is 4.90 Å². The summed E-state index contributed by atoms with van der Waals surface area (Å²) in [4.78, 5) is 54.6. The fraction of sp³-hybridized carbons (Fsp3) is 0.433. The highest BCUT2D eigenvalue weighted by atomic mass is 32.1. The van der Waals surface area contributed by atoms with Crippen LogP contribution in [0.1, 0.15) is 53.9 Å². The topological polar surface area (TPSA) is 143 Å². The minimum atomic E-state index is -5.08. The molecule has 2 atom stereocenters. The standard InChI is InChI=1S/C28H34N4O3S.C2HF3O2/c29-17-7-6-13-23(26(34)28-31-22-12-4-5-14-24(22)36-28)30-27(35)21-11-8-18-32(19-21)25(33)16-15-20-9-2-1-3-10-20;3-2(4,5)1(6)7/h1-5,9-10,12,14,21,23H,6-8,11,13,15-19,29H2,(H,30,35);(H,6,7)/t21-,23-;/m0./s1. The number of amides is 2. The number of Topliss-reactive ketones (excluding diaryl/α,β-unsaturated/α-hetero) is 1. The van der Waals surface area contributed by atoms with Crippen molar-refractivity contribution in [3.05, 3.63) is 65.2 Å². The molecule has 4 N–H and O–H groups in total. The van der Waals surface area contributed by atoms with Gasteiger partial charge in [-0.05, 0) is 62.8 Å². The number of likely N-dealkylation sites (tertiary alicyclic amines) is 1. The van der Waals surface area contributed by atoms with E-state index in [9.17, 15) is 27.6 Å². The van der Waals surface area contributed by atoms with Crippen LogP contribution in [0.15, 0.2) is 54.6 Å². The molecule has 0 saturated carbocycles. The Labute approximate surface area is 251 Å². The van der Waals surface area contributed by atoms with Crippen molar-refractivity contribution >= 4 is 45.1 Å². The molecule has 2 aromatic carbocycles. The molecular formula is C30H35F3N4O5S. The molecule has 1 fully saturated rings. The number of nitrogens with zero attached hydrogens (tertiary/aromatic N) is 2. The summed E-state index contributed by atoms with van der Waals surface area (Å²) in [5, 5.41) is 10.5. The summed E-state index contributed by atoms with van der Waals surface area (Å²) in [5.74, 6) is -3.33. The van der Waals surface area contributed by atoms with Gasteiger partial charge in [-0.1, -0.05) is 42.5 Å². The van der Waals surface area contributed by atoms with Gasteiger partial charge in [-0.25, -0.2) is 9.78 Å². The average molecular weight is 621 g/mol. The molecule has 0 aliphatic carbocycles. The number of unbranched alkanes of at least 4 members (excludes halogenated alkanes) is 1. The molecule has 43 heavy (non-hydrogen) atoms. The Kier molecular flexibility index (Phi) is 12.6. The van der Waals surface area contributed by atoms with Gasteiger partial charge in [-0.2, -0.15) is 13.2 Å². The highest BCUT2D eigenvalue weighted by Crippen LogP contribution is 2.24. The van der Waals surface area contributed by atoms with Crippen molar-refractivity contribution in [3.63, 3.8) is 0 Å². The first-order chi connectivity index (χ1) is 20.5. The first-order valence-electron chi connectivity index (χ1n) is 14.0.